The number of hydrogen-bond acceptors (Lipinski definition) is 0. The predicted octanol–water partition coefficient (Wildman–Crippen LogP) is 5.51. The summed E-state index contributed by atoms with van der Waals surface area (Å²) in [6.07, 6.45) is -4.34. The molecule has 112 valence electrons. The van der Waals surface area contributed by atoms with Crippen LogP contribution in [0, 0.1) is 5.82 Å². The predicted molar refractivity (Wildman–Crippen MR) is 76.6 cm³/mol. The molecule has 0 unspecified atom stereocenters. The van der Waals surface area contributed by atoms with Crippen molar-refractivity contribution in [3.8, 4) is 22.5 Å². The third-order valence-electron chi connectivity index (χ3n) is 3.36. The summed E-state index contributed by atoms with van der Waals surface area (Å²) in [5.41, 5.74) is 2.26. The molecule has 5 heteroatoms. The normalized spacial score (nSPS) is 11.6. The number of halogens is 4. The van der Waals surface area contributed by atoms with Gasteiger partial charge in [-0.2, -0.15) is 13.2 Å². The number of aromatic amines is 1. The third kappa shape index (κ3) is 2.88. The molecule has 0 aliphatic heterocycles. The number of hydrogen-bond donors (Lipinski definition) is 1. The van der Waals surface area contributed by atoms with E-state index >= 15 is 0 Å². The highest BCUT2D eigenvalue weighted by Crippen LogP contribution is 2.31. The van der Waals surface area contributed by atoms with Gasteiger partial charge >= 0.3 is 6.18 Å². The van der Waals surface area contributed by atoms with Crippen LogP contribution < -0.4 is 0 Å². The number of rotatable bonds is 2. The van der Waals surface area contributed by atoms with Crippen LogP contribution in [0.1, 0.15) is 5.56 Å². The van der Waals surface area contributed by atoms with Crippen molar-refractivity contribution in [1.29, 1.82) is 0 Å². The number of alkyl halides is 3. The number of aromatic nitrogens is 1. The van der Waals surface area contributed by atoms with Gasteiger partial charge in [-0.1, -0.05) is 12.1 Å². The summed E-state index contributed by atoms with van der Waals surface area (Å²) in [6.45, 7) is 0. The van der Waals surface area contributed by atoms with Gasteiger partial charge in [0.25, 0.3) is 0 Å². The Balaban J connectivity index is 1.89. The second-order valence-electron chi connectivity index (χ2n) is 4.87. The molecule has 0 radical (unpaired) electrons. The Hall–Kier alpha value is -2.56. The van der Waals surface area contributed by atoms with E-state index in [0.29, 0.717) is 11.3 Å². The molecule has 0 bridgehead atoms. The van der Waals surface area contributed by atoms with Crippen molar-refractivity contribution in [2.75, 3.05) is 0 Å². The van der Waals surface area contributed by atoms with Crippen molar-refractivity contribution >= 4 is 0 Å². The summed E-state index contributed by atoms with van der Waals surface area (Å²) in [4.78, 5) is 3.12. The maximum atomic E-state index is 12.9. The molecular weight excluding hydrogens is 294 g/mol. The standard InChI is InChI=1S/C17H11F4N/c18-14-7-3-12(4-8-14)16-10-9-15(22-16)11-1-5-13(6-2-11)17(19,20)21/h1-10,22H. The van der Waals surface area contributed by atoms with Crippen LogP contribution in [0.25, 0.3) is 22.5 Å². The quantitative estimate of drug-likeness (QED) is 0.601. The summed E-state index contributed by atoms with van der Waals surface area (Å²) in [5, 5.41) is 0. The number of nitrogens with one attached hydrogen (secondary N) is 1. The molecule has 0 spiro atoms. The molecule has 1 aromatic heterocycles. The summed E-state index contributed by atoms with van der Waals surface area (Å²) < 4.78 is 50.5. The molecule has 0 aliphatic rings. The molecule has 1 N–H and O–H groups in total. The zero-order chi connectivity index (χ0) is 15.7. The average Bonchev–Trinajstić information content (AvgIpc) is 2.97. The van der Waals surface area contributed by atoms with Crippen molar-refractivity contribution in [3.63, 3.8) is 0 Å². The van der Waals surface area contributed by atoms with E-state index in [9.17, 15) is 17.6 Å². The van der Waals surface area contributed by atoms with E-state index in [1.165, 1.54) is 24.3 Å². The molecule has 3 aromatic rings. The highest BCUT2D eigenvalue weighted by molar-refractivity contribution is 5.68. The van der Waals surface area contributed by atoms with Crippen molar-refractivity contribution < 1.29 is 17.6 Å². The maximum absolute atomic E-state index is 12.9. The molecule has 0 saturated heterocycles. The molecule has 0 amide bonds. The van der Waals surface area contributed by atoms with Crippen LogP contribution in [0.2, 0.25) is 0 Å². The van der Waals surface area contributed by atoms with Crippen molar-refractivity contribution in [3.05, 3.63) is 72.0 Å². The molecule has 0 fully saturated rings. The Morgan fingerprint density at radius 3 is 1.55 bits per heavy atom. The Morgan fingerprint density at radius 1 is 0.636 bits per heavy atom. The van der Waals surface area contributed by atoms with Gasteiger partial charge in [0.05, 0.1) is 5.56 Å². The van der Waals surface area contributed by atoms with Gasteiger partial charge in [0.1, 0.15) is 5.82 Å². The van der Waals surface area contributed by atoms with Gasteiger partial charge in [-0.15, -0.1) is 0 Å². The fraction of sp³-hybridized carbons (Fsp3) is 0.0588. The summed E-state index contributed by atoms with van der Waals surface area (Å²) in [5.74, 6) is -0.321. The lowest BCUT2D eigenvalue weighted by molar-refractivity contribution is -0.137. The van der Waals surface area contributed by atoms with Crippen molar-refractivity contribution in [1.82, 2.24) is 4.98 Å². The minimum atomic E-state index is -4.34. The van der Waals surface area contributed by atoms with Gasteiger partial charge < -0.3 is 4.98 Å². The maximum Gasteiger partial charge on any atom is 0.416 e. The number of H-pyrrole nitrogens is 1. The van der Waals surface area contributed by atoms with Crippen LogP contribution in [-0.2, 0) is 6.18 Å². The first kappa shape index (κ1) is 14.4. The Labute approximate surface area is 124 Å². The van der Waals surface area contributed by atoms with E-state index in [-0.39, 0.29) is 5.82 Å². The minimum absolute atomic E-state index is 0.321. The van der Waals surface area contributed by atoms with Crippen LogP contribution in [0.4, 0.5) is 17.6 Å². The van der Waals surface area contributed by atoms with Gasteiger partial charge in [0.15, 0.2) is 0 Å². The van der Waals surface area contributed by atoms with Crippen molar-refractivity contribution in [2.24, 2.45) is 0 Å². The molecular formula is C17H11F4N. The van der Waals surface area contributed by atoms with Gasteiger partial charge in [0, 0.05) is 11.4 Å². The van der Waals surface area contributed by atoms with Gasteiger partial charge in [-0.3, -0.25) is 0 Å². The largest absolute Gasteiger partial charge is 0.416 e. The Kier molecular flexibility index (Phi) is 3.48. The molecule has 3 rings (SSSR count). The zero-order valence-corrected chi connectivity index (χ0v) is 11.3. The first-order chi connectivity index (χ1) is 10.4. The summed E-state index contributed by atoms with van der Waals surface area (Å²) in [6, 6.07) is 14.5. The molecule has 1 nitrogen and oxygen atoms in total. The van der Waals surface area contributed by atoms with Gasteiger partial charge in [0.2, 0.25) is 0 Å². The lowest BCUT2D eigenvalue weighted by Crippen LogP contribution is -2.03. The van der Waals surface area contributed by atoms with Crippen LogP contribution in [0.5, 0.6) is 0 Å². The zero-order valence-electron chi connectivity index (χ0n) is 11.3. The topological polar surface area (TPSA) is 15.8 Å². The smallest absolute Gasteiger partial charge is 0.355 e. The van der Waals surface area contributed by atoms with Crippen molar-refractivity contribution in [2.45, 2.75) is 6.18 Å². The lowest BCUT2D eigenvalue weighted by Gasteiger charge is -2.07. The highest BCUT2D eigenvalue weighted by atomic mass is 19.4. The van der Waals surface area contributed by atoms with Crippen LogP contribution >= 0.6 is 0 Å². The molecule has 0 atom stereocenters. The molecule has 2 aromatic carbocycles. The fourth-order valence-electron chi connectivity index (χ4n) is 2.20. The monoisotopic (exact) mass is 305 g/mol. The first-order valence-corrected chi connectivity index (χ1v) is 6.56. The average molecular weight is 305 g/mol. The summed E-state index contributed by atoms with van der Waals surface area (Å²) in [7, 11) is 0. The Morgan fingerprint density at radius 2 is 1.09 bits per heavy atom. The minimum Gasteiger partial charge on any atom is -0.355 e. The summed E-state index contributed by atoms with van der Waals surface area (Å²) >= 11 is 0. The highest BCUT2D eigenvalue weighted by Gasteiger charge is 2.29. The van der Waals surface area contributed by atoms with E-state index in [1.54, 1.807) is 24.3 Å². The Bertz CT molecular complexity index is 768. The van der Waals surface area contributed by atoms with Gasteiger partial charge in [-0.05, 0) is 59.7 Å². The van der Waals surface area contributed by atoms with Crippen LogP contribution in [0.3, 0.4) is 0 Å². The van der Waals surface area contributed by atoms with E-state index in [0.717, 1.165) is 23.4 Å². The number of benzene rings is 2. The van der Waals surface area contributed by atoms with Crippen LogP contribution in [-0.4, -0.2) is 4.98 Å². The first-order valence-electron chi connectivity index (χ1n) is 6.56. The second-order valence-corrected chi connectivity index (χ2v) is 4.87. The molecule has 22 heavy (non-hydrogen) atoms. The second kappa shape index (κ2) is 5.33. The van der Waals surface area contributed by atoms with E-state index < -0.39 is 11.7 Å². The van der Waals surface area contributed by atoms with E-state index in [1.807, 2.05) is 0 Å². The molecule has 1 heterocycles. The fourth-order valence-corrected chi connectivity index (χ4v) is 2.20. The molecule has 0 aliphatic carbocycles. The lowest BCUT2D eigenvalue weighted by atomic mass is 10.1. The van der Waals surface area contributed by atoms with E-state index in [2.05, 4.69) is 4.98 Å². The van der Waals surface area contributed by atoms with E-state index in [4.69, 9.17) is 0 Å². The van der Waals surface area contributed by atoms with Gasteiger partial charge in [-0.25, -0.2) is 4.39 Å². The van der Waals surface area contributed by atoms with Crippen LogP contribution in [0.15, 0.2) is 60.7 Å². The third-order valence-corrected chi connectivity index (χ3v) is 3.36. The molecule has 0 saturated carbocycles. The SMILES string of the molecule is Fc1ccc(-c2ccc(-c3ccc(C(F)(F)F)cc3)[nH]2)cc1.